The number of H-pyrrole nitrogens is 1. The van der Waals surface area contributed by atoms with Crippen LogP contribution in [-0.4, -0.2) is 54.0 Å². The first kappa shape index (κ1) is 20.1. The SMILES string of the molecule is CN1CCN(c2ccc(NC(=O)c3cnc(-c4ccc(Cl)cc4)[nH]c3=O)cc2)CC1. The first-order chi connectivity index (χ1) is 14.5. The van der Waals surface area contributed by atoms with Crippen molar-refractivity contribution in [2.24, 2.45) is 0 Å². The lowest BCUT2D eigenvalue weighted by Crippen LogP contribution is -2.44. The molecule has 2 aromatic carbocycles. The molecule has 1 aliphatic rings. The fraction of sp³-hybridized carbons (Fsp3) is 0.227. The van der Waals surface area contributed by atoms with Crippen LogP contribution in [0.25, 0.3) is 11.4 Å². The van der Waals surface area contributed by atoms with Crippen LogP contribution in [0.5, 0.6) is 0 Å². The van der Waals surface area contributed by atoms with Crippen molar-refractivity contribution in [2.75, 3.05) is 43.4 Å². The van der Waals surface area contributed by atoms with E-state index in [1.165, 1.54) is 6.20 Å². The van der Waals surface area contributed by atoms with Crippen molar-refractivity contribution in [1.29, 1.82) is 0 Å². The minimum absolute atomic E-state index is 0.0455. The number of amides is 1. The number of halogens is 1. The molecule has 7 nitrogen and oxygen atoms in total. The summed E-state index contributed by atoms with van der Waals surface area (Å²) < 4.78 is 0. The van der Waals surface area contributed by atoms with Crippen LogP contribution in [0.15, 0.2) is 59.5 Å². The van der Waals surface area contributed by atoms with Gasteiger partial charge in [0.15, 0.2) is 0 Å². The number of nitrogens with one attached hydrogen (secondary N) is 2. The molecule has 0 saturated carbocycles. The van der Waals surface area contributed by atoms with Gasteiger partial charge in [-0.3, -0.25) is 9.59 Å². The van der Waals surface area contributed by atoms with Crippen molar-refractivity contribution < 1.29 is 4.79 Å². The molecule has 3 aromatic rings. The number of nitrogens with zero attached hydrogens (tertiary/aromatic N) is 3. The minimum atomic E-state index is -0.501. The Labute approximate surface area is 179 Å². The van der Waals surface area contributed by atoms with Crippen LogP contribution < -0.4 is 15.8 Å². The number of hydrogen-bond acceptors (Lipinski definition) is 5. The lowest BCUT2D eigenvalue weighted by atomic mass is 10.2. The molecule has 0 aliphatic carbocycles. The fourth-order valence-electron chi connectivity index (χ4n) is 3.33. The zero-order chi connectivity index (χ0) is 21.1. The average Bonchev–Trinajstić information content (AvgIpc) is 2.75. The highest BCUT2D eigenvalue weighted by Gasteiger charge is 2.15. The van der Waals surface area contributed by atoms with Crippen LogP contribution in [0.1, 0.15) is 10.4 Å². The molecule has 0 radical (unpaired) electrons. The Morgan fingerprint density at radius 1 is 1.03 bits per heavy atom. The second kappa shape index (κ2) is 8.69. The molecule has 2 N–H and O–H groups in total. The Balaban J connectivity index is 1.44. The average molecular weight is 424 g/mol. The summed E-state index contributed by atoms with van der Waals surface area (Å²) in [5.74, 6) is -0.122. The lowest BCUT2D eigenvalue weighted by Gasteiger charge is -2.34. The monoisotopic (exact) mass is 423 g/mol. The predicted octanol–water partition coefficient (Wildman–Crippen LogP) is 3.09. The quantitative estimate of drug-likeness (QED) is 0.674. The van der Waals surface area contributed by atoms with Gasteiger partial charge in [-0.15, -0.1) is 0 Å². The second-order valence-corrected chi connectivity index (χ2v) is 7.71. The number of hydrogen-bond donors (Lipinski definition) is 2. The fourth-order valence-corrected chi connectivity index (χ4v) is 3.46. The molecule has 1 fully saturated rings. The van der Waals surface area contributed by atoms with E-state index in [0.29, 0.717) is 22.1 Å². The number of carbonyl (C=O) groups excluding carboxylic acids is 1. The number of aromatic amines is 1. The van der Waals surface area contributed by atoms with Crippen LogP contribution in [0.4, 0.5) is 11.4 Å². The zero-order valence-electron chi connectivity index (χ0n) is 16.6. The molecular weight excluding hydrogens is 402 g/mol. The highest BCUT2D eigenvalue weighted by molar-refractivity contribution is 6.30. The number of carbonyl (C=O) groups is 1. The summed E-state index contributed by atoms with van der Waals surface area (Å²) in [6.07, 6.45) is 1.29. The largest absolute Gasteiger partial charge is 0.369 e. The van der Waals surface area contributed by atoms with Gasteiger partial charge in [0.05, 0.1) is 0 Å². The molecule has 1 saturated heterocycles. The molecule has 1 aromatic heterocycles. The number of rotatable bonds is 4. The third-order valence-electron chi connectivity index (χ3n) is 5.16. The highest BCUT2D eigenvalue weighted by Crippen LogP contribution is 2.20. The molecular formula is C22H22ClN5O2. The molecule has 1 amide bonds. The first-order valence-corrected chi connectivity index (χ1v) is 10.1. The molecule has 2 heterocycles. The summed E-state index contributed by atoms with van der Waals surface area (Å²) >= 11 is 5.88. The maximum Gasteiger partial charge on any atom is 0.264 e. The maximum absolute atomic E-state index is 12.5. The predicted molar refractivity (Wildman–Crippen MR) is 119 cm³/mol. The van der Waals surface area contributed by atoms with E-state index in [1.54, 1.807) is 24.3 Å². The Hall–Kier alpha value is -3.16. The van der Waals surface area contributed by atoms with E-state index in [-0.39, 0.29) is 5.56 Å². The number of aromatic nitrogens is 2. The van der Waals surface area contributed by atoms with E-state index < -0.39 is 11.5 Å². The van der Waals surface area contributed by atoms with Crippen LogP contribution in [0.2, 0.25) is 5.02 Å². The molecule has 4 rings (SSSR count). The van der Waals surface area contributed by atoms with Gasteiger partial charge in [-0.05, 0) is 55.6 Å². The van der Waals surface area contributed by atoms with Gasteiger partial charge in [0.1, 0.15) is 11.4 Å². The molecule has 0 atom stereocenters. The summed E-state index contributed by atoms with van der Waals surface area (Å²) in [7, 11) is 2.12. The molecule has 0 spiro atoms. The van der Waals surface area contributed by atoms with Gasteiger partial charge < -0.3 is 20.1 Å². The van der Waals surface area contributed by atoms with E-state index in [9.17, 15) is 9.59 Å². The molecule has 30 heavy (non-hydrogen) atoms. The second-order valence-electron chi connectivity index (χ2n) is 7.27. The Bertz CT molecular complexity index is 1090. The molecule has 0 unspecified atom stereocenters. The molecule has 1 aliphatic heterocycles. The molecule has 0 bridgehead atoms. The van der Waals surface area contributed by atoms with Crippen LogP contribution in [-0.2, 0) is 0 Å². The van der Waals surface area contributed by atoms with Gasteiger partial charge in [0, 0.05) is 54.3 Å². The van der Waals surface area contributed by atoms with E-state index in [2.05, 4.69) is 32.1 Å². The maximum atomic E-state index is 12.5. The molecule has 154 valence electrons. The number of likely N-dealkylation sites (N-methyl/N-ethyl adjacent to an activating group) is 1. The van der Waals surface area contributed by atoms with Crippen molar-refractivity contribution in [3.05, 3.63) is 75.7 Å². The van der Waals surface area contributed by atoms with Gasteiger partial charge in [0.2, 0.25) is 0 Å². The number of anilines is 2. The van der Waals surface area contributed by atoms with Gasteiger partial charge in [-0.2, -0.15) is 0 Å². The van der Waals surface area contributed by atoms with Crippen molar-refractivity contribution >= 4 is 28.9 Å². The smallest absolute Gasteiger partial charge is 0.264 e. The van der Waals surface area contributed by atoms with Gasteiger partial charge >= 0.3 is 0 Å². The Morgan fingerprint density at radius 3 is 2.33 bits per heavy atom. The van der Waals surface area contributed by atoms with Crippen molar-refractivity contribution in [3.8, 4) is 11.4 Å². The van der Waals surface area contributed by atoms with Gasteiger partial charge in [-0.1, -0.05) is 11.6 Å². The van der Waals surface area contributed by atoms with E-state index in [1.807, 2.05) is 24.3 Å². The highest BCUT2D eigenvalue weighted by atomic mass is 35.5. The van der Waals surface area contributed by atoms with E-state index in [4.69, 9.17) is 11.6 Å². The normalized spacial score (nSPS) is 14.5. The first-order valence-electron chi connectivity index (χ1n) is 9.70. The molecule has 8 heteroatoms. The zero-order valence-corrected chi connectivity index (χ0v) is 17.3. The summed E-state index contributed by atoms with van der Waals surface area (Å²) in [5, 5.41) is 3.35. The van der Waals surface area contributed by atoms with Gasteiger partial charge in [0.25, 0.3) is 11.5 Å². The van der Waals surface area contributed by atoms with Crippen LogP contribution in [0, 0.1) is 0 Å². The number of piperazine rings is 1. The lowest BCUT2D eigenvalue weighted by molar-refractivity contribution is 0.102. The van der Waals surface area contributed by atoms with Gasteiger partial charge in [-0.25, -0.2) is 4.98 Å². The van der Waals surface area contributed by atoms with E-state index >= 15 is 0 Å². The summed E-state index contributed by atoms with van der Waals surface area (Å²) in [6, 6.07) is 14.6. The third kappa shape index (κ3) is 4.53. The standard InChI is InChI=1S/C22H22ClN5O2/c1-27-10-12-28(13-11-27)18-8-6-17(7-9-18)25-21(29)19-14-24-20(26-22(19)30)15-2-4-16(23)5-3-15/h2-9,14H,10-13H2,1H3,(H,25,29)(H,24,26,30). The summed E-state index contributed by atoms with van der Waals surface area (Å²) in [5.41, 5.74) is 1.91. The topological polar surface area (TPSA) is 81.3 Å². The van der Waals surface area contributed by atoms with Crippen molar-refractivity contribution in [3.63, 3.8) is 0 Å². The third-order valence-corrected chi connectivity index (χ3v) is 5.41. The Morgan fingerprint density at radius 2 is 1.70 bits per heavy atom. The van der Waals surface area contributed by atoms with Crippen LogP contribution >= 0.6 is 11.6 Å². The summed E-state index contributed by atoms with van der Waals surface area (Å²) in [6.45, 7) is 4.01. The Kier molecular flexibility index (Phi) is 5.83. The number of benzene rings is 2. The minimum Gasteiger partial charge on any atom is -0.369 e. The van der Waals surface area contributed by atoms with Crippen molar-refractivity contribution in [2.45, 2.75) is 0 Å². The van der Waals surface area contributed by atoms with Crippen LogP contribution in [0.3, 0.4) is 0 Å². The van der Waals surface area contributed by atoms with E-state index in [0.717, 1.165) is 31.9 Å². The van der Waals surface area contributed by atoms with Crippen molar-refractivity contribution in [1.82, 2.24) is 14.9 Å². The summed E-state index contributed by atoms with van der Waals surface area (Å²) in [4.78, 5) is 36.4.